The molecule has 1 amide bonds. The summed E-state index contributed by atoms with van der Waals surface area (Å²) in [6.45, 7) is 11.5. The van der Waals surface area contributed by atoms with Crippen LogP contribution in [0.4, 0.5) is 0 Å². The van der Waals surface area contributed by atoms with E-state index in [9.17, 15) is 4.79 Å². The summed E-state index contributed by atoms with van der Waals surface area (Å²) in [5.41, 5.74) is 8.14. The molecule has 0 heterocycles. The maximum Gasteiger partial charge on any atom is 0.236 e. The molecular formula is C29H56N4O6S2. The zero-order chi connectivity index (χ0) is 30.3. The minimum Gasteiger partial charge on any atom is -0.379 e. The highest BCUT2D eigenvalue weighted by atomic mass is 32.2. The van der Waals surface area contributed by atoms with Crippen LogP contribution in [0, 0.1) is 0 Å². The number of hydrogen-bond donors (Lipinski definition) is 1. The van der Waals surface area contributed by atoms with E-state index in [1.807, 2.05) is 13.8 Å². The van der Waals surface area contributed by atoms with Crippen molar-refractivity contribution in [3.63, 3.8) is 0 Å². The quantitative estimate of drug-likeness (QED) is 0.0301. The Kier molecular flexibility index (Phi) is 29.7. The van der Waals surface area contributed by atoms with Gasteiger partial charge < -0.3 is 29.0 Å². The van der Waals surface area contributed by atoms with Crippen LogP contribution in [0.2, 0.25) is 0 Å². The van der Waals surface area contributed by atoms with Crippen LogP contribution >= 0.6 is 24.0 Å². The topological polar surface area (TPSA) is 124 Å². The second-order valence-electron chi connectivity index (χ2n) is 10.2. The summed E-state index contributed by atoms with van der Waals surface area (Å²) in [7, 11) is 0. The van der Waals surface area contributed by atoms with E-state index in [-0.39, 0.29) is 5.91 Å². The normalized spacial score (nSPS) is 11.4. The van der Waals surface area contributed by atoms with Crippen molar-refractivity contribution < 1.29 is 28.5 Å². The molecule has 0 fully saturated rings. The summed E-state index contributed by atoms with van der Waals surface area (Å²) in [6, 6.07) is 0. The van der Waals surface area contributed by atoms with E-state index in [2.05, 4.69) is 22.3 Å². The molecule has 10 nitrogen and oxygen atoms in total. The maximum atomic E-state index is 12.6. The average Bonchev–Trinajstić information content (AvgIpc) is 2.94. The van der Waals surface area contributed by atoms with Crippen LogP contribution in [0.1, 0.15) is 91.4 Å². The van der Waals surface area contributed by atoms with Crippen molar-refractivity contribution in [2.24, 2.45) is 5.11 Å². The minimum absolute atomic E-state index is 0.0215. The minimum atomic E-state index is -0.592. The van der Waals surface area contributed by atoms with Crippen molar-refractivity contribution in [2.75, 3.05) is 79.2 Å². The fourth-order valence-electron chi connectivity index (χ4n) is 3.72. The number of carbonyl (C=O) groups is 1. The molecule has 0 radical (unpaired) electrons. The molecule has 0 aromatic carbocycles. The number of ether oxygens (including phenoxy) is 5. The first-order valence-corrected chi connectivity index (χ1v) is 16.6. The van der Waals surface area contributed by atoms with Gasteiger partial charge in [0.2, 0.25) is 5.91 Å². The van der Waals surface area contributed by atoms with Gasteiger partial charge in [-0.3, -0.25) is 4.79 Å². The molecular weight excluding hydrogens is 564 g/mol. The first-order valence-electron chi connectivity index (χ1n) is 15.3. The van der Waals surface area contributed by atoms with Gasteiger partial charge in [-0.05, 0) is 32.2 Å². The molecule has 0 rings (SSSR count). The van der Waals surface area contributed by atoms with Gasteiger partial charge in [0, 0.05) is 22.2 Å². The number of azide groups is 1. The van der Waals surface area contributed by atoms with Crippen molar-refractivity contribution in [1.82, 2.24) is 5.32 Å². The van der Waals surface area contributed by atoms with Gasteiger partial charge in [0.1, 0.15) is 0 Å². The Labute approximate surface area is 258 Å². The van der Waals surface area contributed by atoms with E-state index >= 15 is 0 Å². The van der Waals surface area contributed by atoms with Crippen molar-refractivity contribution in [3.05, 3.63) is 10.4 Å². The number of hydrogen-bond acceptors (Lipinski definition) is 9. The highest BCUT2D eigenvalue weighted by molar-refractivity contribution is 8.24. The van der Waals surface area contributed by atoms with Gasteiger partial charge in [-0.25, -0.2) is 0 Å². The fourth-order valence-corrected chi connectivity index (χ4v) is 5.47. The average molecular weight is 621 g/mol. The van der Waals surface area contributed by atoms with Crippen molar-refractivity contribution in [3.8, 4) is 0 Å². The molecule has 0 spiro atoms. The van der Waals surface area contributed by atoms with Gasteiger partial charge in [0.15, 0.2) is 0 Å². The molecule has 0 bridgehead atoms. The molecule has 0 unspecified atom stereocenters. The maximum absolute atomic E-state index is 12.6. The van der Waals surface area contributed by atoms with E-state index < -0.39 is 4.75 Å². The number of carbonyl (C=O) groups excluding carboxylic acids is 1. The third-order valence-corrected chi connectivity index (χ3v) is 7.65. The third-order valence-electron chi connectivity index (χ3n) is 6.07. The largest absolute Gasteiger partial charge is 0.379 e. The van der Waals surface area contributed by atoms with E-state index in [4.69, 9.17) is 41.4 Å². The number of thioether (sulfide) groups is 1. The number of nitrogens with zero attached hydrogens (tertiary/aromatic N) is 3. The highest BCUT2D eigenvalue weighted by Gasteiger charge is 2.29. The van der Waals surface area contributed by atoms with E-state index in [0.717, 1.165) is 17.0 Å². The summed E-state index contributed by atoms with van der Waals surface area (Å²) in [5.74, 6) is -0.0215. The molecule has 12 heteroatoms. The van der Waals surface area contributed by atoms with Crippen molar-refractivity contribution in [2.45, 2.75) is 96.1 Å². The predicted molar refractivity (Wildman–Crippen MR) is 172 cm³/mol. The molecule has 1 N–H and O–H groups in total. The third kappa shape index (κ3) is 28.9. The lowest BCUT2D eigenvalue weighted by molar-refractivity contribution is -0.122. The molecule has 240 valence electrons. The Bertz CT molecular complexity index is 682. The molecule has 0 aliphatic rings. The molecule has 0 atom stereocenters. The zero-order valence-corrected chi connectivity index (χ0v) is 27.5. The van der Waals surface area contributed by atoms with Crippen LogP contribution < -0.4 is 5.32 Å². The monoisotopic (exact) mass is 620 g/mol. The summed E-state index contributed by atoms with van der Waals surface area (Å²) >= 11 is 7.06. The van der Waals surface area contributed by atoms with Crippen LogP contribution in [0.15, 0.2) is 5.11 Å². The first-order chi connectivity index (χ1) is 19.9. The predicted octanol–water partition coefficient (Wildman–Crippen LogP) is 6.65. The lowest BCUT2D eigenvalue weighted by atomic mass is 10.1. The molecule has 0 aliphatic carbocycles. The van der Waals surface area contributed by atoms with Crippen LogP contribution in [0.25, 0.3) is 10.4 Å². The van der Waals surface area contributed by atoms with Gasteiger partial charge in [-0.2, -0.15) is 0 Å². The highest BCUT2D eigenvalue weighted by Crippen LogP contribution is 2.28. The van der Waals surface area contributed by atoms with Crippen molar-refractivity contribution >= 4 is 34.1 Å². The van der Waals surface area contributed by atoms with Gasteiger partial charge in [-0.1, -0.05) is 82.0 Å². The fraction of sp³-hybridized carbons (Fsp3) is 0.931. The second-order valence-corrected chi connectivity index (χ2v) is 12.7. The van der Waals surface area contributed by atoms with Gasteiger partial charge in [-0.15, -0.1) is 11.8 Å². The Balaban J connectivity index is 3.52. The second kappa shape index (κ2) is 30.5. The summed E-state index contributed by atoms with van der Waals surface area (Å²) in [6.07, 6.45) is 14.0. The van der Waals surface area contributed by atoms with Crippen LogP contribution in [0.3, 0.4) is 0 Å². The van der Waals surface area contributed by atoms with E-state index in [1.165, 1.54) is 69.5 Å². The van der Waals surface area contributed by atoms with E-state index in [1.54, 1.807) is 0 Å². The molecule has 0 saturated carbocycles. The standard InChI is InChI=1S/C29H56N4O6S2/c1-4-5-6-7-8-9-10-11-12-13-14-27(40)41-29(2,3)28(34)31-15-17-35-19-21-37-23-25-39-26-24-38-22-20-36-18-16-32-33-30/h4-26H2,1-3H3,(H,31,34). The van der Waals surface area contributed by atoms with Crippen LogP contribution in [-0.2, 0) is 28.5 Å². The molecule has 0 aromatic rings. The number of thiocarbonyl (C=S) groups is 1. The van der Waals surface area contributed by atoms with Gasteiger partial charge in [0.05, 0.1) is 70.8 Å². The van der Waals surface area contributed by atoms with Gasteiger partial charge in [0.25, 0.3) is 0 Å². The summed E-state index contributed by atoms with van der Waals surface area (Å²) < 4.78 is 27.4. The molecule has 0 aromatic heterocycles. The Morgan fingerprint density at radius 3 is 1.68 bits per heavy atom. The zero-order valence-electron chi connectivity index (χ0n) is 25.9. The molecule has 41 heavy (non-hydrogen) atoms. The molecule has 0 saturated heterocycles. The lowest BCUT2D eigenvalue weighted by Gasteiger charge is -2.23. The number of nitrogens with one attached hydrogen (secondary N) is 1. The molecule has 0 aliphatic heterocycles. The summed E-state index contributed by atoms with van der Waals surface area (Å²) in [5, 5.41) is 6.33. The Morgan fingerprint density at radius 2 is 1.20 bits per heavy atom. The summed E-state index contributed by atoms with van der Waals surface area (Å²) in [4.78, 5) is 15.3. The lowest BCUT2D eigenvalue weighted by Crippen LogP contribution is -2.41. The smallest absolute Gasteiger partial charge is 0.236 e. The number of rotatable bonds is 31. The van der Waals surface area contributed by atoms with E-state index in [0.29, 0.717) is 79.2 Å². The van der Waals surface area contributed by atoms with Crippen LogP contribution in [-0.4, -0.2) is 94.0 Å². The van der Waals surface area contributed by atoms with Crippen LogP contribution in [0.5, 0.6) is 0 Å². The number of amides is 1. The number of unbranched alkanes of at least 4 members (excludes halogenated alkanes) is 9. The van der Waals surface area contributed by atoms with Crippen molar-refractivity contribution in [1.29, 1.82) is 0 Å². The Hall–Kier alpha value is -0.980. The van der Waals surface area contributed by atoms with Gasteiger partial charge >= 0.3 is 0 Å². The Morgan fingerprint density at radius 1 is 0.756 bits per heavy atom. The first kappa shape index (κ1) is 40.0. The SMILES string of the molecule is CCCCCCCCCCCCC(=S)SC(C)(C)C(=O)NCCOCCOCCOCCOCCOCCN=[N+]=[N-].